The summed E-state index contributed by atoms with van der Waals surface area (Å²) in [5, 5.41) is 0. The average Bonchev–Trinajstić information content (AvgIpc) is 0. The van der Waals surface area contributed by atoms with Gasteiger partial charge in [0.05, 0.1) is 0 Å². The Morgan fingerprint density at radius 2 is 0.455 bits per heavy atom. The molecule has 0 rings (SSSR count). The summed E-state index contributed by atoms with van der Waals surface area (Å²) in [6, 6.07) is 0. The molecule has 0 N–H and O–H groups in total. The maximum Gasteiger partial charge on any atom is 3.00 e. The molecule has 46 valence electrons. The van der Waals surface area contributed by atoms with Gasteiger partial charge in [0.15, 0.2) is 0 Å². The molecule has 0 aliphatic rings. The SMILES string of the molecule is [Ce].[Ce].[La+3].[La+3].[O-2].[O-2].[O-2].[Y].[Y].[Zr].[Zr]. The fourth-order valence-corrected chi connectivity index (χ4v) is 0. The van der Waals surface area contributed by atoms with Gasteiger partial charge in [0.25, 0.3) is 0 Å². The zero-order chi connectivity index (χ0) is 0. The zero-order valence-electron chi connectivity index (χ0n) is 5.53. The standard InChI is InChI=1S/2Ce.2La.3O.2Y.2Zr/q;;2*+3;3*-2;;;;. The molecule has 0 spiro atoms. The first-order chi connectivity index (χ1) is 0. The van der Waals surface area contributed by atoms with Gasteiger partial charge in [-0.1, -0.05) is 0 Å². The van der Waals surface area contributed by atoms with E-state index >= 15 is 0 Å². The van der Waals surface area contributed by atoms with Crippen molar-refractivity contribution in [3.63, 3.8) is 0 Å². The number of hydrogen-bond acceptors (Lipinski definition) is 0. The molecule has 0 amide bonds. The van der Waals surface area contributed by atoms with Crippen LogP contribution >= 0.6 is 0 Å². The second-order valence-corrected chi connectivity index (χ2v) is 0. The first-order valence-corrected chi connectivity index (χ1v) is 0. The Balaban J connectivity index is 0. The van der Waals surface area contributed by atoms with Crippen LogP contribution in [-0.2, 0) is 134 Å². The van der Waals surface area contributed by atoms with Crippen LogP contribution in [0.15, 0.2) is 0 Å². The summed E-state index contributed by atoms with van der Waals surface area (Å²) >= 11 is 0. The summed E-state index contributed by atoms with van der Waals surface area (Å²) in [4.78, 5) is 0. The Morgan fingerprint density at radius 3 is 0.455 bits per heavy atom. The van der Waals surface area contributed by atoms with E-state index in [1.54, 1.807) is 0 Å². The molecule has 11 heavy (non-hydrogen) atoms. The van der Waals surface area contributed by atoms with Gasteiger partial charge in [-0.2, -0.15) is 0 Å². The van der Waals surface area contributed by atoms with Gasteiger partial charge < -0.3 is 16.4 Å². The smallest absolute Gasteiger partial charge is 2.00 e. The van der Waals surface area contributed by atoms with Crippen molar-refractivity contribution in [2.45, 2.75) is 0 Å². The first-order valence-electron chi connectivity index (χ1n) is 0. The van der Waals surface area contributed by atoms with Crippen LogP contribution in [0.2, 0.25) is 0 Å². The van der Waals surface area contributed by atoms with Crippen molar-refractivity contribution < 1.29 is 289 Å². The van der Waals surface area contributed by atoms with Crippen LogP contribution in [0.4, 0.5) is 0 Å². The maximum atomic E-state index is 0. The van der Waals surface area contributed by atoms with Crippen LogP contribution in [0.1, 0.15) is 0 Å². The molecule has 2 radical (unpaired) electrons. The monoisotopic (exact) mass is 963 g/mol. The molecule has 0 fully saturated rings. The normalized spacial score (nSPS) is 0. The molecule has 0 saturated heterocycles. The van der Waals surface area contributed by atoms with Crippen LogP contribution < -0.4 is 0 Å². The molecule has 0 aliphatic heterocycles. The third-order valence-corrected chi connectivity index (χ3v) is 0. The summed E-state index contributed by atoms with van der Waals surface area (Å²) in [7, 11) is 0. The van der Waals surface area contributed by atoms with Gasteiger partial charge in [-0.15, -0.1) is 0 Å². The van der Waals surface area contributed by atoms with Crippen LogP contribution in [-0.4, -0.2) is 0 Å². The van der Waals surface area contributed by atoms with Gasteiger partial charge in [0, 0.05) is 201 Å². The maximum absolute atomic E-state index is 0. The Kier molecular flexibility index (Phi) is 616. The van der Waals surface area contributed by atoms with E-state index in [1.165, 1.54) is 0 Å². The molecule has 11 heteroatoms. The number of rotatable bonds is 0. The Labute approximate surface area is 279 Å². The molecule has 0 unspecified atom stereocenters. The fourth-order valence-electron chi connectivity index (χ4n) is 0. The van der Waals surface area contributed by atoms with Gasteiger partial charge in [0.1, 0.15) is 0 Å². The molecule has 0 aromatic carbocycles. The Morgan fingerprint density at radius 1 is 0.455 bits per heavy atom. The van der Waals surface area contributed by atoms with E-state index in [2.05, 4.69) is 0 Å². The van der Waals surface area contributed by atoms with E-state index in [1.807, 2.05) is 0 Å². The first kappa shape index (κ1) is 89.2. The summed E-state index contributed by atoms with van der Waals surface area (Å²) in [5.41, 5.74) is 0. The van der Waals surface area contributed by atoms with Crippen LogP contribution in [0.5, 0.6) is 0 Å². The predicted molar refractivity (Wildman–Crippen MR) is 2.06 cm³/mol. The topological polar surface area (TPSA) is 85.5 Å². The van der Waals surface area contributed by atoms with E-state index < -0.39 is 0 Å². The van der Waals surface area contributed by atoms with Crippen molar-refractivity contribution in [3.05, 3.63) is 0 Å². The minimum Gasteiger partial charge on any atom is -2.00 e. The van der Waals surface area contributed by atoms with Crippen molar-refractivity contribution >= 4 is 0 Å². The minimum atomic E-state index is 0. The average molecular weight is 966 g/mol. The van der Waals surface area contributed by atoms with Crippen LogP contribution in [0, 0.1) is 155 Å². The van der Waals surface area contributed by atoms with E-state index in [4.69, 9.17) is 0 Å². The molecule has 3 nitrogen and oxygen atoms in total. The van der Waals surface area contributed by atoms with Crippen molar-refractivity contribution in [3.8, 4) is 0 Å². The molecule has 0 bridgehead atoms. The van der Waals surface area contributed by atoms with Crippen LogP contribution in [0.3, 0.4) is 0 Å². The summed E-state index contributed by atoms with van der Waals surface area (Å²) < 4.78 is 0. The zero-order valence-corrected chi connectivity index (χ0v) is 29.7. The van der Waals surface area contributed by atoms with Crippen molar-refractivity contribution in [2.75, 3.05) is 0 Å². The largest absolute Gasteiger partial charge is 3.00 e. The van der Waals surface area contributed by atoms with Crippen molar-refractivity contribution in [2.24, 2.45) is 0 Å². The van der Waals surface area contributed by atoms with Crippen molar-refractivity contribution in [1.29, 1.82) is 0 Å². The van der Waals surface area contributed by atoms with E-state index in [0.717, 1.165) is 0 Å². The second kappa shape index (κ2) is 76.0. The summed E-state index contributed by atoms with van der Waals surface area (Å²) in [6.45, 7) is 0. The Hall–Kier alpha value is 9.00. The van der Waals surface area contributed by atoms with Crippen molar-refractivity contribution in [1.82, 2.24) is 0 Å². The summed E-state index contributed by atoms with van der Waals surface area (Å²) in [5.74, 6) is 0. The van der Waals surface area contributed by atoms with Crippen LogP contribution in [0.25, 0.3) is 0 Å². The molecule has 0 aromatic heterocycles. The van der Waals surface area contributed by atoms with Gasteiger partial charge in [-0.25, -0.2) is 0 Å². The molecule has 0 heterocycles. The molecule has 0 aromatic rings. The predicted octanol–water partition coefficient (Wildman–Crippen LogP) is -0.366. The Bertz CT molecular complexity index is 25.3. The van der Waals surface area contributed by atoms with E-state index in [0.29, 0.717) is 0 Å². The van der Waals surface area contributed by atoms with Gasteiger partial charge >= 0.3 is 71.2 Å². The van der Waals surface area contributed by atoms with E-state index in [-0.39, 0.29) is 289 Å². The third kappa shape index (κ3) is 67.8. The molecule has 0 atom stereocenters. The molecule has 0 saturated carbocycles. The molecule has 0 aliphatic carbocycles. The molecular formula is Ce2La2O3Y2Zr2. The van der Waals surface area contributed by atoms with Gasteiger partial charge in [0.2, 0.25) is 0 Å². The minimum absolute atomic E-state index is 0. The van der Waals surface area contributed by atoms with E-state index in [9.17, 15) is 0 Å². The quantitative estimate of drug-likeness (QED) is 0.318. The fraction of sp³-hybridized carbons (Fsp3) is 0. The molecular weight excluding hydrogens is 966 g/mol. The second-order valence-electron chi connectivity index (χ2n) is 0. The number of hydrogen-bond donors (Lipinski definition) is 0. The van der Waals surface area contributed by atoms with Gasteiger partial charge in [-0.05, 0) is 0 Å². The summed E-state index contributed by atoms with van der Waals surface area (Å²) in [6.07, 6.45) is 0. The third-order valence-electron chi connectivity index (χ3n) is 0. The van der Waals surface area contributed by atoms with Gasteiger partial charge in [-0.3, -0.25) is 0 Å².